The number of hydrogen-bond donors (Lipinski definition) is 1. The standard InChI is InChI=1S/C19H23NO2/c1-16(12-13-17-8-4-2-5-9-17)20-19(21)15-22-14-18-10-6-3-7-11-18/h2-11,16H,12-15H2,1H3,(H,20,21). The molecule has 0 spiro atoms. The number of carbonyl (C=O) groups excluding carboxylic acids is 1. The summed E-state index contributed by atoms with van der Waals surface area (Å²) in [5.74, 6) is -0.0588. The van der Waals surface area contributed by atoms with E-state index < -0.39 is 0 Å². The molecule has 0 bridgehead atoms. The highest BCUT2D eigenvalue weighted by Crippen LogP contribution is 2.05. The minimum absolute atomic E-state index is 0.0588. The molecule has 2 aromatic rings. The zero-order valence-electron chi connectivity index (χ0n) is 13.0. The average molecular weight is 297 g/mol. The number of ether oxygens (including phenoxy) is 1. The van der Waals surface area contributed by atoms with E-state index in [4.69, 9.17) is 4.74 Å². The Bertz CT molecular complexity index is 554. The van der Waals surface area contributed by atoms with Gasteiger partial charge in [-0.2, -0.15) is 0 Å². The number of aryl methyl sites for hydroxylation is 1. The molecule has 2 rings (SSSR count). The van der Waals surface area contributed by atoms with Gasteiger partial charge in [0.2, 0.25) is 5.91 Å². The van der Waals surface area contributed by atoms with E-state index in [1.165, 1.54) is 5.56 Å². The first kappa shape index (κ1) is 16.2. The highest BCUT2D eigenvalue weighted by molar-refractivity contribution is 5.77. The molecule has 0 heterocycles. The summed E-state index contributed by atoms with van der Waals surface area (Å²) < 4.78 is 5.43. The normalized spacial score (nSPS) is 11.9. The van der Waals surface area contributed by atoms with Crippen molar-refractivity contribution in [2.24, 2.45) is 0 Å². The van der Waals surface area contributed by atoms with Gasteiger partial charge in [0.05, 0.1) is 6.61 Å². The molecule has 116 valence electrons. The number of rotatable bonds is 8. The third kappa shape index (κ3) is 6.10. The Labute approximate surface area is 132 Å². The molecule has 0 aliphatic heterocycles. The van der Waals surface area contributed by atoms with Gasteiger partial charge < -0.3 is 10.1 Å². The average Bonchev–Trinajstić information content (AvgIpc) is 2.55. The number of benzene rings is 2. The van der Waals surface area contributed by atoms with Crippen LogP contribution in [0.25, 0.3) is 0 Å². The van der Waals surface area contributed by atoms with Crippen LogP contribution in [0.5, 0.6) is 0 Å². The molecule has 0 saturated heterocycles. The summed E-state index contributed by atoms with van der Waals surface area (Å²) in [6, 6.07) is 20.3. The van der Waals surface area contributed by atoms with E-state index in [2.05, 4.69) is 17.4 Å². The molecular formula is C19H23NO2. The van der Waals surface area contributed by atoms with Gasteiger partial charge in [0.15, 0.2) is 0 Å². The first-order valence-corrected chi connectivity index (χ1v) is 7.69. The van der Waals surface area contributed by atoms with Gasteiger partial charge in [0, 0.05) is 6.04 Å². The van der Waals surface area contributed by atoms with Crippen LogP contribution in [0.3, 0.4) is 0 Å². The molecule has 0 fully saturated rings. The second kappa shape index (κ2) is 9.00. The summed E-state index contributed by atoms with van der Waals surface area (Å²) in [6.07, 6.45) is 1.89. The van der Waals surface area contributed by atoms with E-state index in [0.717, 1.165) is 18.4 Å². The lowest BCUT2D eigenvalue weighted by Gasteiger charge is -2.14. The summed E-state index contributed by atoms with van der Waals surface area (Å²) >= 11 is 0. The van der Waals surface area contributed by atoms with Crippen molar-refractivity contribution in [2.45, 2.75) is 32.4 Å². The predicted molar refractivity (Wildman–Crippen MR) is 88.5 cm³/mol. The van der Waals surface area contributed by atoms with E-state index in [1.54, 1.807) is 0 Å². The van der Waals surface area contributed by atoms with Crippen molar-refractivity contribution < 1.29 is 9.53 Å². The molecule has 1 atom stereocenters. The van der Waals surface area contributed by atoms with Crippen molar-refractivity contribution in [3.8, 4) is 0 Å². The zero-order valence-corrected chi connectivity index (χ0v) is 13.0. The van der Waals surface area contributed by atoms with Crippen molar-refractivity contribution in [3.05, 3.63) is 71.8 Å². The van der Waals surface area contributed by atoms with Crippen LogP contribution in [0.15, 0.2) is 60.7 Å². The predicted octanol–water partition coefficient (Wildman–Crippen LogP) is 3.34. The fraction of sp³-hybridized carbons (Fsp3) is 0.316. The Hall–Kier alpha value is -2.13. The molecule has 0 saturated carbocycles. The summed E-state index contributed by atoms with van der Waals surface area (Å²) in [7, 11) is 0. The summed E-state index contributed by atoms with van der Waals surface area (Å²) in [6.45, 7) is 2.59. The number of hydrogen-bond acceptors (Lipinski definition) is 2. The highest BCUT2D eigenvalue weighted by atomic mass is 16.5. The molecule has 3 heteroatoms. The maximum Gasteiger partial charge on any atom is 0.246 e. The molecule has 2 aromatic carbocycles. The number of amides is 1. The molecule has 3 nitrogen and oxygen atoms in total. The van der Waals surface area contributed by atoms with Gasteiger partial charge in [-0.3, -0.25) is 4.79 Å². The molecular weight excluding hydrogens is 274 g/mol. The van der Waals surface area contributed by atoms with Crippen molar-refractivity contribution in [3.63, 3.8) is 0 Å². The Morgan fingerprint density at radius 1 is 1.00 bits per heavy atom. The van der Waals surface area contributed by atoms with Crippen LogP contribution in [-0.4, -0.2) is 18.6 Å². The summed E-state index contributed by atoms with van der Waals surface area (Å²) in [5.41, 5.74) is 2.37. The summed E-state index contributed by atoms with van der Waals surface area (Å²) in [4.78, 5) is 11.8. The quantitative estimate of drug-likeness (QED) is 0.811. The Morgan fingerprint density at radius 3 is 2.23 bits per heavy atom. The number of carbonyl (C=O) groups is 1. The van der Waals surface area contributed by atoms with Crippen LogP contribution in [0, 0.1) is 0 Å². The van der Waals surface area contributed by atoms with E-state index in [-0.39, 0.29) is 18.6 Å². The number of nitrogens with one attached hydrogen (secondary N) is 1. The molecule has 1 amide bonds. The van der Waals surface area contributed by atoms with Crippen LogP contribution >= 0.6 is 0 Å². The fourth-order valence-corrected chi connectivity index (χ4v) is 2.25. The minimum atomic E-state index is -0.0588. The molecule has 1 N–H and O–H groups in total. The van der Waals surface area contributed by atoms with Crippen LogP contribution in [0.4, 0.5) is 0 Å². The van der Waals surface area contributed by atoms with Gasteiger partial charge in [-0.1, -0.05) is 60.7 Å². The van der Waals surface area contributed by atoms with Gasteiger partial charge in [-0.25, -0.2) is 0 Å². The third-order valence-electron chi connectivity index (χ3n) is 3.46. The van der Waals surface area contributed by atoms with E-state index in [9.17, 15) is 4.79 Å². The second-order valence-corrected chi connectivity index (χ2v) is 5.47. The highest BCUT2D eigenvalue weighted by Gasteiger charge is 2.07. The Kier molecular flexibility index (Phi) is 6.65. The van der Waals surface area contributed by atoms with Crippen LogP contribution in [-0.2, 0) is 22.6 Å². The molecule has 0 radical (unpaired) electrons. The second-order valence-electron chi connectivity index (χ2n) is 5.47. The van der Waals surface area contributed by atoms with Crippen molar-refractivity contribution in [1.29, 1.82) is 0 Å². The van der Waals surface area contributed by atoms with Crippen LogP contribution < -0.4 is 5.32 Å². The summed E-state index contributed by atoms with van der Waals surface area (Å²) in [5, 5.41) is 2.97. The lowest BCUT2D eigenvalue weighted by atomic mass is 10.1. The fourth-order valence-electron chi connectivity index (χ4n) is 2.25. The smallest absolute Gasteiger partial charge is 0.246 e. The van der Waals surface area contributed by atoms with Crippen molar-refractivity contribution >= 4 is 5.91 Å². The topological polar surface area (TPSA) is 38.3 Å². The monoisotopic (exact) mass is 297 g/mol. The van der Waals surface area contributed by atoms with Gasteiger partial charge in [0.1, 0.15) is 6.61 Å². The van der Waals surface area contributed by atoms with Crippen LogP contribution in [0.2, 0.25) is 0 Å². The third-order valence-corrected chi connectivity index (χ3v) is 3.46. The lowest BCUT2D eigenvalue weighted by Crippen LogP contribution is -2.35. The molecule has 1 unspecified atom stereocenters. The van der Waals surface area contributed by atoms with Crippen LogP contribution in [0.1, 0.15) is 24.5 Å². The first-order chi connectivity index (χ1) is 10.7. The van der Waals surface area contributed by atoms with E-state index in [1.807, 2.05) is 55.5 Å². The van der Waals surface area contributed by atoms with Gasteiger partial charge >= 0.3 is 0 Å². The van der Waals surface area contributed by atoms with E-state index in [0.29, 0.717) is 6.61 Å². The minimum Gasteiger partial charge on any atom is -0.367 e. The SMILES string of the molecule is CC(CCc1ccccc1)NC(=O)COCc1ccccc1. The first-order valence-electron chi connectivity index (χ1n) is 7.69. The molecule has 0 aromatic heterocycles. The Morgan fingerprint density at radius 2 is 1.59 bits per heavy atom. The molecule has 0 aliphatic rings. The molecule has 22 heavy (non-hydrogen) atoms. The molecule has 0 aliphatic carbocycles. The zero-order chi connectivity index (χ0) is 15.6. The Balaban J connectivity index is 1.62. The van der Waals surface area contributed by atoms with E-state index >= 15 is 0 Å². The van der Waals surface area contributed by atoms with Gasteiger partial charge in [0.25, 0.3) is 0 Å². The van der Waals surface area contributed by atoms with Crippen molar-refractivity contribution in [2.75, 3.05) is 6.61 Å². The van der Waals surface area contributed by atoms with Gasteiger partial charge in [-0.05, 0) is 30.9 Å². The maximum atomic E-state index is 11.8. The van der Waals surface area contributed by atoms with Gasteiger partial charge in [-0.15, -0.1) is 0 Å². The van der Waals surface area contributed by atoms with Crippen molar-refractivity contribution in [1.82, 2.24) is 5.32 Å². The largest absolute Gasteiger partial charge is 0.367 e. The lowest BCUT2D eigenvalue weighted by molar-refractivity contribution is -0.126. The maximum absolute atomic E-state index is 11.8.